The number of nitrogens with zero attached hydrogens (tertiary/aromatic N) is 1. The van der Waals surface area contributed by atoms with E-state index in [0.717, 1.165) is 0 Å². The fourth-order valence-corrected chi connectivity index (χ4v) is 10.4. The normalized spacial score (nSPS) is 23.7. The molecule has 0 bridgehead atoms. The Hall–Kier alpha value is -7.06. The van der Waals surface area contributed by atoms with E-state index in [1.807, 2.05) is 13.8 Å². The number of carbonyl (C=O) groups is 10. The van der Waals surface area contributed by atoms with Crippen LogP contribution in [0.4, 0.5) is 0 Å². The molecule has 0 radical (unpaired) electrons. The molecular weight excluding hydrogens is 1020 g/mol. The highest BCUT2D eigenvalue weighted by atomic mass is 16.7. The van der Waals surface area contributed by atoms with Crippen LogP contribution in [0.2, 0.25) is 0 Å². The van der Waals surface area contributed by atoms with Crippen LogP contribution in [0.1, 0.15) is 136 Å². The van der Waals surface area contributed by atoms with Crippen molar-refractivity contribution in [2.75, 3.05) is 33.4 Å². The molecular formula is C53H71N7O18. The summed E-state index contributed by atoms with van der Waals surface area (Å²) in [6.45, 7) is 9.58. The summed E-state index contributed by atoms with van der Waals surface area (Å²) < 4.78 is 17.6. The Bertz CT molecular complexity index is 2710. The van der Waals surface area contributed by atoms with E-state index < -0.39 is 168 Å². The van der Waals surface area contributed by atoms with E-state index in [-0.39, 0.29) is 65.6 Å². The Balaban J connectivity index is 1.11. The molecule has 0 unspecified atom stereocenters. The highest BCUT2D eigenvalue weighted by Gasteiger charge is 2.51. The van der Waals surface area contributed by atoms with Gasteiger partial charge in [-0.1, -0.05) is 39.8 Å². The largest absolute Gasteiger partial charge is 0.507 e. The number of aliphatic hydroxyl groups excluding tert-OH is 2. The quantitative estimate of drug-likeness (QED) is 0.0568. The van der Waals surface area contributed by atoms with Gasteiger partial charge >= 0.3 is 0 Å². The molecule has 2 heterocycles. The van der Waals surface area contributed by atoms with Crippen LogP contribution in [-0.2, 0) is 54.3 Å². The van der Waals surface area contributed by atoms with Gasteiger partial charge in [-0.3, -0.25) is 47.9 Å². The van der Waals surface area contributed by atoms with Gasteiger partial charge in [0.05, 0.1) is 55.1 Å². The summed E-state index contributed by atoms with van der Waals surface area (Å²) in [5.41, 5.74) is -4.53. The van der Waals surface area contributed by atoms with Crippen molar-refractivity contribution in [1.29, 1.82) is 0 Å². The monoisotopic (exact) mass is 1090 g/mol. The second-order valence-corrected chi connectivity index (χ2v) is 21.2. The number of hydrogen-bond donors (Lipinski definition) is 11. The summed E-state index contributed by atoms with van der Waals surface area (Å²) in [6, 6.07) is -1.39. The number of benzene rings is 2. The van der Waals surface area contributed by atoms with Gasteiger partial charge in [0.2, 0.25) is 47.1 Å². The van der Waals surface area contributed by atoms with Gasteiger partial charge in [0.15, 0.2) is 17.9 Å². The van der Waals surface area contributed by atoms with Crippen LogP contribution < -0.4 is 36.6 Å². The number of carbonyl (C=O) groups excluding carboxylic acids is 10. The SMILES string of the molecule is COc1cccc2c1C(=O)c1c(O)c3c(c(O)c1C2=O)C[C@@](O)(C(=O)CO)C[C@@H]3O[C@H]1C[C@H](NC(=O)[C@H](C)NC(=O)[C@H](CC(C)C)NC(=O)CNC(=O)[C@H](CC(C)C)NC(=O)[C@@H]2CCCN2C(=O)CNC(C)=O)[C@H](O)[C@H](C)O1. The van der Waals surface area contributed by atoms with Gasteiger partial charge in [-0.25, -0.2) is 0 Å². The molecule has 11 N–H and O–H groups in total. The first kappa shape index (κ1) is 60.2. The molecule has 78 heavy (non-hydrogen) atoms. The minimum Gasteiger partial charge on any atom is -0.507 e. The smallest absolute Gasteiger partial charge is 0.243 e. The number of rotatable bonds is 21. The molecule has 2 aliphatic heterocycles. The number of aromatic hydroxyl groups is 2. The van der Waals surface area contributed by atoms with Crippen molar-refractivity contribution in [3.05, 3.63) is 51.6 Å². The third-order valence-corrected chi connectivity index (χ3v) is 14.3. The number of methoxy groups -OCH3 is 1. The predicted molar refractivity (Wildman–Crippen MR) is 273 cm³/mol. The van der Waals surface area contributed by atoms with Gasteiger partial charge in [0, 0.05) is 49.4 Å². The third kappa shape index (κ3) is 13.3. The van der Waals surface area contributed by atoms with Gasteiger partial charge in [0.1, 0.15) is 59.7 Å². The number of Topliss-reactive ketones (excluding diaryl/α,β-unsaturated/α-hetero) is 1. The molecule has 0 saturated carbocycles. The number of phenols is 2. The van der Waals surface area contributed by atoms with E-state index in [9.17, 15) is 73.5 Å². The second-order valence-electron chi connectivity index (χ2n) is 21.2. The Labute approximate surface area is 449 Å². The van der Waals surface area contributed by atoms with Crippen LogP contribution in [0.5, 0.6) is 17.2 Å². The zero-order valence-corrected chi connectivity index (χ0v) is 44.9. The van der Waals surface area contributed by atoms with Crippen LogP contribution in [0.25, 0.3) is 0 Å². The van der Waals surface area contributed by atoms with Crippen molar-refractivity contribution in [2.24, 2.45) is 11.8 Å². The molecule has 7 amide bonds. The number of phenolic OH excluding ortho intramolecular Hbond substituents is 2. The molecule has 25 nitrogen and oxygen atoms in total. The van der Waals surface area contributed by atoms with Gasteiger partial charge < -0.3 is 76.5 Å². The maximum absolute atomic E-state index is 14.1. The highest BCUT2D eigenvalue weighted by molar-refractivity contribution is 6.31. The standard InChI is InChI=1S/C53H71N7O18/c1-23(2)15-31(59-52(74)33-12-10-14-60(33)38(65)21-54-27(7)62)50(72)55-20-37(64)57-32(16-24(3)4)51(73)56-25(5)49(71)58-30-17-39(77-26(6)44(30)66)78-35-19-53(75,36(63)22-61)18-29-41(35)48(70)43-42(46(29)68)45(67)28-11-9-13-34(76-8)40(28)47(43)69/h9,11,13,23-26,30-33,35,39,44,61,66,68,70,75H,10,12,14-22H2,1-8H3,(H,54,62)(H,55,72)(H,56,73)(H,57,64)(H,58,71)(H,59,74)/t25-,26-,30-,31-,32-,33-,35-,39-,44+,53-/m0/s1. The lowest BCUT2D eigenvalue weighted by molar-refractivity contribution is -0.249. The average molecular weight is 1090 g/mol. The van der Waals surface area contributed by atoms with Crippen molar-refractivity contribution in [3.8, 4) is 17.2 Å². The summed E-state index contributed by atoms with van der Waals surface area (Å²) in [5, 5.41) is 71.9. The van der Waals surface area contributed by atoms with Crippen LogP contribution >= 0.6 is 0 Å². The summed E-state index contributed by atoms with van der Waals surface area (Å²) in [5.74, 6) is -9.11. The molecule has 0 spiro atoms. The molecule has 2 aromatic rings. The van der Waals surface area contributed by atoms with Crippen molar-refractivity contribution in [1.82, 2.24) is 36.8 Å². The van der Waals surface area contributed by atoms with Crippen molar-refractivity contribution in [2.45, 2.75) is 154 Å². The van der Waals surface area contributed by atoms with Crippen molar-refractivity contribution >= 4 is 58.7 Å². The number of amides is 7. The Kier molecular flexibility index (Phi) is 19.4. The molecule has 10 atom stereocenters. The maximum Gasteiger partial charge on any atom is 0.243 e. The van der Waals surface area contributed by atoms with Gasteiger partial charge in [-0.2, -0.15) is 0 Å². The van der Waals surface area contributed by atoms with E-state index in [0.29, 0.717) is 19.4 Å². The predicted octanol–water partition coefficient (Wildman–Crippen LogP) is -1.03. The molecule has 2 aromatic carbocycles. The zero-order valence-electron chi connectivity index (χ0n) is 44.9. The molecule has 6 rings (SSSR count). The van der Waals surface area contributed by atoms with E-state index in [1.54, 1.807) is 13.8 Å². The van der Waals surface area contributed by atoms with E-state index in [1.165, 1.54) is 51.0 Å². The second kappa shape index (κ2) is 25.2. The van der Waals surface area contributed by atoms with Crippen molar-refractivity contribution in [3.63, 3.8) is 0 Å². The van der Waals surface area contributed by atoms with Gasteiger partial charge in [0.25, 0.3) is 0 Å². The number of ether oxygens (including phenoxy) is 3. The number of ketones is 3. The minimum atomic E-state index is -2.44. The molecule has 0 aromatic heterocycles. The molecule has 2 fully saturated rings. The maximum atomic E-state index is 14.1. The molecule has 2 saturated heterocycles. The van der Waals surface area contributed by atoms with E-state index >= 15 is 0 Å². The van der Waals surface area contributed by atoms with Crippen LogP contribution in [0, 0.1) is 11.8 Å². The van der Waals surface area contributed by atoms with Gasteiger partial charge in [-0.15, -0.1) is 0 Å². The summed E-state index contributed by atoms with van der Waals surface area (Å²) in [4.78, 5) is 134. The Morgan fingerprint density at radius 1 is 0.846 bits per heavy atom. The lowest BCUT2D eigenvalue weighted by Gasteiger charge is -2.43. The van der Waals surface area contributed by atoms with Crippen molar-refractivity contribution < 1.29 is 87.7 Å². The summed E-state index contributed by atoms with van der Waals surface area (Å²) in [6.07, 6.45) is -5.98. The van der Waals surface area contributed by atoms with E-state index in [4.69, 9.17) is 14.2 Å². The third-order valence-electron chi connectivity index (χ3n) is 14.3. The average Bonchev–Trinajstić information content (AvgIpc) is 3.91. The first-order chi connectivity index (χ1) is 36.7. The Morgan fingerprint density at radius 3 is 2.13 bits per heavy atom. The van der Waals surface area contributed by atoms with Crippen LogP contribution in [-0.4, -0.2) is 177 Å². The first-order valence-corrected chi connectivity index (χ1v) is 26.0. The summed E-state index contributed by atoms with van der Waals surface area (Å²) >= 11 is 0. The molecule has 2 aliphatic carbocycles. The zero-order chi connectivity index (χ0) is 57.7. The fraction of sp³-hybridized carbons (Fsp3) is 0.585. The van der Waals surface area contributed by atoms with Crippen LogP contribution in [0.15, 0.2) is 18.2 Å². The lowest BCUT2D eigenvalue weighted by atomic mass is 9.72. The number of aliphatic hydroxyl groups is 3. The van der Waals surface area contributed by atoms with E-state index in [2.05, 4.69) is 31.9 Å². The summed E-state index contributed by atoms with van der Waals surface area (Å²) in [7, 11) is 1.28. The molecule has 4 aliphatic rings. The number of nitrogens with one attached hydrogen (secondary N) is 6. The first-order valence-electron chi connectivity index (χ1n) is 26.0. The molecule has 25 heteroatoms. The number of hydrogen-bond acceptors (Lipinski definition) is 18. The topological polar surface area (TPSA) is 375 Å². The highest BCUT2D eigenvalue weighted by Crippen LogP contribution is 2.52. The Morgan fingerprint density at radius 2 is 1.50 bits per heavy atom. The number of likely N-dealkylation sites (tertiary alicyclic amines) is 1. The van der Waals surface area contributed by atoms with Gasteiger partial charge in [-0.05, 0) is 57.4 Å². The minimum absolute atomic E-state index is 0.0121. The van der Waals surface area contributed by atoms with Crippen LogP contribution in [0.3, 0.4) is 0 Å². The fourth-order valence-electron chi connectivity index (χ4n) is 10.4. The lowest BCUT2D eigenvalue weighted by Crippen LogP contribution is -2.59. The molecule has 426 valence electrons. The number of fused-ring (bicyclic) bond motifs is 3.